The van der Waals surface area contributed by atoms with E-state index in [9.17, 15) is 14.4 Å². The molecule has 2 aliphatic heterocycles. The number of ether oxygens (including phenoxy) is 1. The van der Waals surface area contributed by atoms with Crippen LogP contribution in [0.25, 0.3) is 11.1 Å². The number of aromatic nitrogens is 1. The maximum atomic E-state index is 13.4. The third-order valence-electron chi connectivity index (χ3n) is 7.52. The molecule has 7 nitrogen and oxygen atoms in total. The van der Waals surface area contributed by atoms with Crippen molar-refractivity contribution in [1.29, 1.82) is 0 Å². The van der Waals surface area contributed by atoms with Crippen LogP contribution in [0.5, 0.6) is 5.75 Å². The zero-order valence-electron chi connectivity index (χ0n) is 21.5. The number of piperidine rings is 1. The Bertz CT molecular complexity index is 1550. The highest BCUT2D eigenvalue weighted by atomic mass is 16.5. The molecule has 39 heavy (non-hydrogen) atoms. The minimum Gasteiger partial charge on any atom is -0.484 e. The molecule has 3 aromatic carbocycles. The number of nitrogens with zero attached hydrogens (tertiary/aromatic N) is 2. The van der Waals surface area contributed by atoms with Gasteiger partial charge in [-0.25, -0.2) is 0 Å². The van der Waals surface area contributed by atoms with Gasteiger partial charge in [0.05, 0.1) is 0 Å². The van der Waals surface area contributed by atoms with Gasteiger partial charge in [0.25, 0.3) is 17.4 Å². The first-order chi connectivity index (χ1) is 19.0. The lowest BCUT2D eigenvalue weighted by molar-refractivity contribution is -0.118. The van der Waals surface area contributed by atoms with Crippen LogP contribution in [0.1, 0.15) is 28.4 Å². The van der Waals surface area contributed by atoms with Gasteiger partial charge in [0.1, 0.15) is 11.4 Å². The van der Waals surface area contributed by atoms with Gasteiger partial charge in [-0.2, -0.15) is 0 Å². The Kier molecular flexibility index (Phi) is 6.71. The molecule has 0 unspecified atom stereocenters. The molecule has 0 radical (unpaired) electrons. The van der Waals surface area contributed by atoms with Gasteiger partial charge in [-0.05, 0) is 59.9 Å². The van der Waals surface area contributed by atoms with Crippen LogP contribution in [-0.4, -0.2) is 41.0 Å². The number of pyridine rings is 1. The Morgan fingerprint density at radius 2 is 1.49 bits per heavy atom. The van der Waals surface area contributed by atoms with E-state index in [0.717, 1.165) is 23.2 Å². The van der Waals surface area contributed by atoms with E-state index in [2.05, 4.69) is 17.4 Å². The molecule has 1 fully saturated rings. The summed E-state index contributed by atoms with van der Waals surface area (Å²) in [5.41, 5.74) is 3.80. The Morgan fingerprint density at radius 3 is 2.23 bits per heavy atom. The summed E-state index contributed by atoms with van der Waals surface area (Å²) in [6.07, 6.45) is 0.937. The lowest BCUT2D eigenvalue weighted by Crippen LogP contribution is -2.49. The second kappa shape index (κ2) is 10.6. The van der Waals surface area contributed by atoms with E-state index in [0.29, 0.717) is 30.9 Å². The Labute approximate surface area is 226 Å². The van der Waals surface area contributed by atoms with Crippen molar-refractivity contribution in [2.75, 3.05) is 25.0 Å². The molecule has 6 rings (SSSR count). The molecule has 1 saturated heterocycles. The molecular formula is C32H29N3O4. The van der Waals surface area contributed by atoms with Gasteiger partial charge < -0.3 is 19.5 Å². The molecule has 2 bridgehead atoms. The molecule has 0 saturated carbocycles. The molecule has 2 amide bonds. The van der Waals surface area contributed by atoms with Crippen molar-refractivity contribution in [3.05, 3.63) is 119 Å². The maximum Gasteiger partial charge on any atom is 0.274 e. The summed E-state index contributed by atoms with van der Waals surface area (Å²) < 4.78 is 7.26. The number of hydrogen-bond acceptors (Lipinski definition) is 4. The molecule has 4 aromatic rings. The van der Waals surface area contributed by atoms with Crippen molar-refractivity contribution in [2.45, 2.75) is 18.9 Å². The van der Waals surface area contributed by atoms with Gasteiger partial charge in [-0.1, -0.05) is 60.7 Å². The van der Waals surface area contributed by atoms with E-state index in [4.69, 9.17) is 4.74 Å². The summed E-state index contributed by atoms with van der Waals surface area (Å²) in [4.78, 5) is 41.0. The van der Waals surface area contributed by atoms with Crippen molar-refractivity contribution in [3.8, 4) is 16.9 Å². The van der Waals surface area contributed by atoms with E-state index >= 15 is 0 Å². The fourth-order valence-electron chi connectivity index (χ4n) is 5.68. The number of nitrogens with one attached hydrogen (secondary N) is 1. The normalized spacial score (nSPS) is 17.7. The van der Waals surface area contributed by atoms with Crippen LogP contribution >= 0.6 is 0 Å². The average molecular weight is 520 g/mol. The molecule has 0 spiro atoms. The number of fused-ring (bicyclic) bond motifs is 4. The molecular weight excluding hydrogens is 490 g/mol. The van der Waals surface area contributed by atoms with Crippen molar-refractivity contribution < 1.29 is 14.3 Å². The smallest absolute Gasteiger partial charge is 0.274 e. The van der Waals surface area contributed by atoms with Crippen LogP contribution < -0.4 is 15.6 Å². The van der Waals surface area contributed by atoms with E-state index in [-0.39, 0.29) is 41.5 Å². The highest BCUT2D eigenvalue weighted by Crippen LogP contribution is 2.36. The lowest BCUT2D eigenvalue weighted by atomic mass is 9.83. The minimum absolute atomic E-state index is 0.0161. The summed E-state index contributed by atoms with van der Waals surface area (Å²) >= 11 is 0. The summed E-state index contributed by atoms with van der Waals surface area (Å²) in [6.45, 7) is 1.50. The Morgan fingerprint density at radius 1 is 0.795 bits per heavy atom. The first kappa shape index (κ1) is 24.7. The van der Waals surface area contributed by atoms with Gasteiger partial charge in [0.15, 0.2) is 6.61 Å². The van der Waals surface area contributed by atoms with E-state index in [1.807, 2.05) is 71.6 Å². The number of para-hydroxylation sites is 1. The topological polar surface area (TPSA) is 80.6 Å². The SMILES string of the molecule is O=C(COc1ccccc1)Nc1ccc2n(c1=O)C[C@H]1C[C@@H]2CN(C(=O)c2ccc(-c3ccccc3)cc2)C1. The molecule has 1 aromatic heterocycles. The largest absolute Gasteiger partial charge is 0.484 e. The van der Waals surface area contributed by atoms with E-state index in [1.54, 1.807) is 22.8 Å². The van der Waals surface area contributed by atoms with Gasteiger partial charge in [0, 0.05) is 36.8 Å². The molecule has 196 valence electrons. The molecule has 2 aliphatic rings. The van der Waals surface area contributed by atoms with Gasteiger partial charge in [-0.3, -0.25) is 14.4 Å². The number of carbonyl (C=O) groups excluding carboxylic acids is 2. The standard InChI is InChI=1S/C32H29N3O4/c36-30(21-39-27-9-5-2-6-10-27)33-28-15-16-29-26-17-22(19-35(29)32(28)38)18-34(20-26)31(37)25-13-11-24(12-14-25)23-7-3-1-4-8-23/h1-16,22,26H,17-21H2,(H,33,36)/t22-,26+/m0/s1. The monoisotopic (exact) mass is 519 g/mol. The van der Waals surface area contributed by atoms with Crippen LogP contribution in [0.4, 0.5) is 5.69 Å². The highest BCUT2D eigenvalue weighted by Gasteiger charge is 2.37. The van der Waals surface area contributed by atoms with Crippen molar-refractivity contribution in [2.24, 2.45) is 5.92 Å². The zero-order valence-corrected chi connectivity index (χ0v) is 21.5. The van der Waals surface area contributed by atoms with Gasteiger partial charge in [-0.15, -0.1) is 0 Å². The first-order valence-electron chi connectivity index (χ1n) is 13.2. The zero-order chi connectivity index (χ0) is 26.8. The van der Waals surface area contributed by atoms with Crippen molar-refractivity contribution in [3.63, 3.8) is 0 Å². The van der Waals surface area contributed by atoms with Crippen LogP contribution in [0.2, 0.25) is 0 Å². The predicted octanol–water partition coefficient (Wildman–Crippen LogP) is 4.79. The second-order valence-corrected chi connectivity index (χ2v) is 10.2. The van der Waals surface area contributed by atoms with Crippen LogP contribution in [0.15, 0.2) is 102 Å². The number of benzene rings is 3. The third kappa shape index (κ3) is 5.21. The van der Waals surface area contributed by atoms with E-state index < -0.39 is 0 Å². The first-order valence-corrected chi connectivity index (χ1v) is 13.2. The van der Waals surface area contributed by atoms with Gasteiger partial charge in [0.2, 0.25) is 0 Å². The third-order valence-corrected chi connectivity index (χ3v) is 7.52. The molecule has 7 heteroatoms. The fourth-order valence-corrected chi connectivity index (χ4v) is 5.68. The number of hydrogen-bond donors (Lipinski definition) is 1. The van der Waals surface area contributed by atoms with Gasteiger partial charge >= 0.3 is 0 Å². The number of rotatable bonds is 6. The summed E-state index contributed by atoms with van der Waals surface area (Å²) in [5, 5.41) is 2.70. The van der Waals surface area contributed by atoms with E-state index in [1.165, 1.54) is 0 Å². The van der Waals surface area contributed by atoms with Crippen molar-refractivity contribution in [1.82, 2.24) is 9.47 Å². The number of amides is 2. The summed E-state index contributed by atoms with van der Waals surface area (Å²) in [6, 6.07) is 30.5. The quantitative estimate of drug-likeness (QED) is 0.397. The summed E-state index contributed by atoms with van der Waals surface area (Å²) in [7, 11) is 0. The van der Waals surface area contributed by atoms with Crippen LogP contribution in [0.3, 0.4) is 0 Å². The number of carbonyl (C=O) groups is 2. The predicted molar refractivity (Wildman–Crippen MR) is 150 cm³/mol. The second-order valence-electron chi connectivity index (χ2n) is 10.2. The number of likely N-dealkylation sites (tertiary alicyclic amines) is 1. The maximum absolute atomic E-state index is 13.4. The fraction of sp³-hybridized carbons (Fsp3) is 0.219. The molecule has 0 aliphatic carbocycles. The lowest BCUT2D eigenvalue weighted by Gasteiger charge is -2.43. The van der Waals surface area contributed by atoms with Crippen molar-refractivity contribution >= 4 is 17.5 Å². The number of anilines is 1. The molecule has 2 atom stereocenters. The Balaban J connectivity index is 1.13. The molecule has 3 heterocycles. The highest BCUT2D eigenvalue weighted by molar-refractivity contribution is 5.95. The van der Waals surface area contributed by atoms with Crippen LogP contribution in [0, 0.1) is 5.92 Å². The Hall–Kier alpha value is -4.65. The minimum atomic E-state index is -0.387. The van der Waals surface area contributed by atoms with Crippen LogP contribution in [-0.2, 0) is 11.3 Å². The average Bonchev–Trinajstić information content (AvgIpc) is 2.98. The molecule has 1 N–H and O–H groups in total. The summed E-state index contributed by atoms with van der Waals surface area (Å²) in [5.74, 6) is 0.469.